The van der Waals surface area contributed by atoms with Crippen molar-refractivity contribution in [3.05, 3.63) is 26.6 Å². The highest BCUT2D eigenvalue weighted by atomic mass is 79.9. The first-order chi connectivity index (χ1) is 6.91. The van der Waals surface area contributed by atoms with Crippen molar-refractivity contribution in [2.24, 2.45) is 11.7 Å². The van der Waals surface area contributed by atoms with E-state index in [-0.39, 0.29) is 11.8 Å². The monoisotopic (exact) mass is 335 g/mol. The normalized spacial score (nSPS) is 13.2. The number of halogens is 2. The van der Waals surface area contributed by atoms with Crippen LogP contribution in [-0.2, 0) is 0 Å². The van der Waals surface area contributed by atoms with Gasteiger partial charge in [-0.15, -0.1) is 0 Å². The van der Waals surface area contributed by atoms with E-state index >= 15 is 0 Å². The fourth-order valence-electron chi connectivity index (χ4n) is 1.56. The van der Waals surface area contributed by atoms with Gasteiger partial charge in [0.15, 0.2) is 0 Å². The number of hydrogen-bond acceptors (Lipinski definition) is 2. The van der Waals surface area contributed by atoms with Gasteiger partial charge in [0, 0.05) is 20.6 Å². The molecule has 0 spiro atoms. The number of nitrogens with two attached hydrogens (primary N) is 1. The topological polar surface area (TPSA) is 46.2 Å². The minimum atomic E-state index is -0.132. The predicted octanol–water partition coefficient (Wildman–Crippen LogP) is 3.96. The van der Waals surface area contributed by atoms with Gasteiger partial charge in [0.1, 0.15) is 5.75 Å². The van der Waals surface area contributed by atoms with Crippen molar-refractivity contribution in [3.63, 3.8) is 0 Å². The summed E-state index contributed by atoms with van der Waals surface area (Å²) in [6, 6.07) is 3.43. The van der Waals surface area contributed by atoms with Crippen molar-refractivity contribution in [3.8, 4) is 5.75 Å². The first-order valence-electron chi connectivity index (χ1n) is 4.85. The highest BCUT2D eigenvalue weighted by Gasteiger charge is 2.16. The van der Waals surface area contributed by atoms with Crippen molar-refractivity contribution < 1.29 is 5.11 Å². The second-order valence-electron chi connectivity index (χ2n) is 4.06. The van der Waals surface area contributed by atoms with Crippen molar-refractivity contribution in [1.82, 2.24) is 0 Å². The van der Waals surface area contributed by atoms with Crippen molar-refractivity contribution in [2.75, 3.05) is 0 Å². The third-order valence-electron chi connectivity index (χ3n) is 2.17. The Hall–Kier alpha value is -0.0600. The van der Waals surface area contributed by atoms with Crippen LogP contribution in [0.5, 0.6) is 5.75 Å². The van der Waals surface area contributed by atoms with E-state index in [2.05, 4.69) is 45.7 Å². The molecule has 0 saturated heterocycles. The van der Waals surface area contributed by atoms with Gasteiger partial charge < -0.3 is 10.8 Å². The summed E-state index contributed by atoms with van der Waals surface area (Å²) in [5.41, 5.74) is 6.83. The molecule has 0 aliphatic carbocycles. The Balaban J connectivity index is 3.03. The molecule has 1 atom stereocenters. The Kier molecular flexibility index (Phi) is 4.62. The second-order valence-corrected chi connectivity index (χ2v) is 5.83. The number of benzene rings is 1. The SMILES string of the molecule is CC(C)C[C@@H](N)c1c(O)cc(Br)cc1Br. The molecule has 0 aromatic heterocycles. The Morgan fingerprint density at radius 1 is 1.33 bits per heavy atom. The number of rotatable bonds is 3. The Morgan fingerprint density at radius 2 is 1.93 bits per heavy atom. The summed E-state index contributed by atoms with van der Waals surface area (Å²) in [6.07, 6.45) is 0.855. The maximum atomic E-state index is 9.82. The minimum absolute atomic E-state index is 0.132. The van der Waals surface area contributed by atoms with Gasteiger partial charge in [-0.2, -0.15) is 0 Å². The Morgan fingerprint density at radius 3 is 2.40 bits per heavy atom. The van der Waals surface area contributed by atoms with Gasteiger partial charge in [-0.25, -0.2) is 0 Å². The molecule has 1 aromatic rings. The van der Waals surface area contributed by atoms with Crippen molar-refractivity contribution >= 4 is 31.9 Å². The predicted molar refractivity (Wildman–Crippen MR) is 69.9 cm³/mol. The molecule has 15 heavy (non-hydrogen) atoms. The molecule has 0 fully saturated rings. The van der Waals surface area contributed by atoms with E-state index in [0.717, 1.165) is 20.9 Å². The first-order valence-corrected chi connectivity index (χ1v) is 6.44. The molecule has 1 aromatic carbocycles. The third kappa shape index (κ3) is 3.47. The van der Waals surface area contributed by atoms with Gasteiger partial charge in [-0.05, 0) is 24.5 Å². The summed E-state index contributed by atoms with van der Waals surface area (Å²) in [4.78, 5) is 0. The van der Waals surface area contributed by atoms with Crippen molar-refractivity contribution in [1.29, 1.82) is 0 Å². The molecule has 0 bridgehead atoms. The van der Waals surface area contributed by atoms with Crippen LogP contribution in [0.3, 0.4) is 0 Å². The Labute approximate surface area is 107 Å². The second kappa shape index (κ2) is 5.32. The lowest BCUT2D eigenvalue weighted by Gasteiger charge is -2.17. The van der Waals surface area contributed by atoms with E-state index < -0.39 is 0 Å². The van der Waals surface area contributed by atoms with Crippen molar-refractivity contribution in [2.45, 2.75) is 26.3 Å². The highest BCUT2D eigenvalue weighted by molar-refractivity contribution is 9.11. The van der Waals surface area contributed by atoms with Gasteiger partial charge in [0.2, 0.25) is 0 Å². The number of hydrogen-bond donors (Lipinski definition) is 2. The van der Waals surface area contributed by atoms with Crippen LogP contribution < -0.4 is 5.73 Å². The zero-order chi connectivity index (χ0) is 11.6. The average molecular weight is 337 g/mol. The summed E-state index contributed by atoms with van der Waals surface area (Å²) < 4.78 is 1.69. The molecule has 0 saturated carbocycles. The molecule has 0 unspecified atom stereocenters. The van der Waals surface area contributed by atoms with Crippen LogP contribution in [0.15, 0.2) is 21.1 Å². The quantitative estimate of drug-likeness (QED) is 0.877. The fraction of sp³-hybridized carbons (Fsp3) is 0.455. The van der Waals surface area contributed by atoms with Crippen LogP contribution in [0.2, 0.25) is 0 Å². The maximum absolute atomic E-state index is 9.82. The van der Waals surface area contributed by atoms with Gasteiger partial charge in [-0.1, -0.05) is 45.7 Å². The standard InChI is InChI=1S/C11H15Br2NO/c1-6(2)3-9(14)11-8(13)4-7(12)5-10(11)15/h4-6,9,15H,3,14H2,1-2H3/t9-/m1/s1. The Bertz CT molecular complexity index is 329. The summed E-state index contributed by atoms with van der Waals surface area (Å²) in [6.45, 7) is 4.23. The smallest absolute Gasteiger partial charge is 0.122 e. The number of phenols is 1. The minimum Gasteiger partial charge on any atom is -0.508 e. The largest absolute Gasteiger partial charge is 0.508 e. The molecule has 0 aliphatic rings. The lowest BCUT2D eigenvalue weighted by atomic mass is 9.97. The molecule has 1 rings (SSSR count). The summed E-state index contributed by atoms with van der Waals surface area (Å²) >= 11 is 6.73. The van der Waals surface area contributed by atoms with Crippen LogP contribution in [-0.4, -0.2) is 5.11 Å². The van der Waals surface area contributed by atoms with Crippen LogP contribution in [0.25, 0.3) is 0 Å². The summed E-state index contributed by atoms with van der Waals surface area (Å²) in [5.74, 6) is 0.749. The molecule has 0 radical (unpaired) electrons. The van der Waals surface area contributed by atoms with Crippen LogP contribution in [0.1, 0.15) is 31.9 Å². The fourth-order valence-corrected chi connectivity index (χ4v) is 3.06. The van der Waals surface area contributed by atoms with E-state index in [0.29, 0.717) is 5.92 Å². The van der Waals surface area contributed by atoms with Gasteiger partial charge in [0.25, 0.3) is 0 Å². The molecule has 0 amide bonds. The van der Waals surface area contributed by atoms with Crippen LogP contribution in [0, 0.1) is 5.92 Å². The molecule has 0 aliphatic heterocycles. The molecule has 4 heteroatoms. The van der Waals surface area contributed by atoms with Crippen LogP contribution >= 0.6 is 31.9 Å². The van der Waals surface area contributed by atoms with E-state index in [1.54, 1.807) is 6.07 Å². The van der Waals surface area contributed by atoms with Gasteiger partial charge in [-0.3, -0.25) is 0 Å². The summed E-state index contributed by atoms with van der Waals surface area (Å²) in [7, 11) is 0. The number of phenolic OH excluding ortho intramolecular Hbond substituents is 1. The van der Waals surface area contributed by atoms with E-state index in [1.807, 2.05) is 6.07 Å². The molecule has 0 heterocycles. The molecular formula is C11H15Br2NO. The highest BCUT2D eigenvalue weighted by Crippen LogP contribution is 2.36. The zero-order valence-electron chi connectivity index (χ0n) is 8.80. The van der Waals surface area contributed by atoms with Crippen LogP contribution in [0.4, 0.5) is 0 Å². The third-order valence-corrected chi connectivity index (χ3v) is 3.28. The molecule has 2 nitrogen and oxygen atoms in total. The van der Waals surface area contributed by atoms with E-state index in [4.69, 9.17) is 5.73 Å². The first kappa shape index (κ1) is 13.0. The van der Waals surface area contributed by atoms with Gasteiger partial charge in [0.05, 0.1) is 0 Å². The van der Waals surface area contributed by atoms with Gasteiger partial charge >= 0.3 is 0 Å². The number of aromatic hydroxyl groups is 1. The molecule has 3 N–H and O–H groups in total. The lowest BCUT2D eigenvalue weighted by molar-refractivity contribution is 0.444. The lowest BCUT2D eigenvalue weighted by Crippen LogP contribution is -2.13. The maximum Gasteiger partial charge on any atom is 0.122 e. The van der Waals surface area contributed by atoms with E-state index in [9.17, 15) is 5.11 Å². The molecular weight excluding hydrogens is 322 g/mol. The average Bonchev–Trinajstić information content (AvgIpc) is 1.99. The zero-order valence-corrected chi connectivity index (χ0v) is 12.0. The van der Waals surface area contributed by atoms with E-state index in [1.165, 1.54) is 0 Å². The molecule has 84 valence electrons. The summed E-state index contributed by atoms with van der Waals surface area (Å²) in [5, 5.41) is 9.82.